The molecule has 0 spiro atoms. The molecular weight excluding hydrogens is 354 g/mol. The Labute approximate surface area is 150 Å². The van der Waals surface area contributed by atoms with Crippen LogP contribution in [0, 0.1) is 5.92 Å². The van der Waals surface area contributed by atoms with Crippen molar-refractivity contribution >= 4 is 21.1 Å². The summed E-state index contributed by atoms with van der Waals surface area (Å²) in [5, 5.41) is 18.0. The zero-order chi connectivity index (χ0) is 18.3. The summed E-state index contributed by atoms with van der Waals surface area (Å²) in [4.78, 5) is 5.75. The Morgan fingerprint density at radius 3 is 2.69 bits per heavy atom. The van der Waals surface area contributed by atoms with Gasteiger partial charge in [0.05, 0.1) is 17.8 Å². The van der Waals surface area contributed by atoms with Crippen molar-refractivity contribution in [3.8, 4) is 0 Å². The van der Waals surface area contributed by atoms with Gasteiger partial charge in [0, 0.05) is 13.2 Å². The van der Waals surface area contributed by atoms with E-state index >= 15 is 0 Å². The van der Waals surface area contributed by atoms with Gasteiger partial charge in [-0.1, -0.05) is 12.1 Å². The standard InChI is InChI=1S/C17H19N5O3S/c1-22-19-14-6-4-7-15(17(14)20-22)26(24,25)21-16(11-9-12(23)10-11)13-5-2-3-8-18-13/h2-8,11-12,16,21,23H,9-10H2,1H3/t11?,12?,16-/m0/s1. The number of nitrogens with zero attached hydrogens (tertiary/aromatic N) is 4. The van der Waals surface area contributed by atoms with E-state index in [0.29, 0.717) is 29.6 Å². The summed E-state index contributed by atoms with van der Waals surface area (Å²) in [5.41, 5.74) is 1.49. The highest BCUT2D eigenvalue weighted by molar-refractivity contribution is 7.89. The molecule has 0 saturated heterocycles. The van der Waals surface area contributed by atoms with Crippen LogP contribution in [0.4, 0.5) is 0 Å². The van der Waals surface area contributed by atoms with E-state index in [1.807, 2.05) is 6.07 Å². The summed E-state index contributed by atoms with van der Waals surface area (Å²) in [5.74, 6) is -0.00395. The number of fused-ring (bicyclic) bond motifs is 1. The Kier molecular flexibility index (Phi) is 4.22. The molecule has 1 fully saturated rings. The van der Waals surface area contributed by atoms with Gasteiger partial charge in [-0.15, -0.1) is 0 Å². The van der Waals surface area contributed by atoms with Gasteiger partial charge >= 0.3 is 0 Å². The smallest absolute Gasteiger partial charge is 0.243 e. The molecule has 1 saturated carbocycles. The molecule has 0 unspecified atom stereocenters. The fraction of sp³-hybridized carbons (Fsp3) is 0.353. The third kappa shape index (κ3) is 3.09. The summed E-state index contributed by atoms with van der Waals surface area (Å²) in [7, 11) is -2.20. The fourth-order valence-electron chi connectivity index (χ4n) is 3.32. The second kappa shape index (κ2) is 6.42. The molecule has 1 aliphatic rings. The van der Waals surface area contributed by atoms with Gasteiger partial charge in [-0.3, -0.25) is 4.98 Å². The molecule has 0 radical (unpaired) electrons. The molecule has 2 N–H and O–H groups in total. The molecule has 2 heterocycles. The van der Waals surface area contributed by atoms with E-state index in [0.717, 1.165) is 0 Å². The summed E-state index contributed by atoms with van der Waals surface area (Å²) in [6.45, 7) is 0. The van der Waals surface area contributed by atoms with Crippen LogP contribution in [-0.4, -0.2) is 39.6 Å². The van der Waals surface area contributed by atoms with Crippen molar-refractivity contribution < 1.29 is 13.5 Å². The van der Waals surface area contributed by atoms with Gasteiger partial charge in [-0.25, -0.2) is 13.1 Å². The highest BCUT2D eigenvalue weighted by Crippen LogP contribution is 2.38. The molecule has 136 valence electrons. The summed E-state index contributed by atoms with van der Waals surface area (Å²) >= 11 is 0. The second-order valence-corrected chi connectivity index (χ2v) is 8.23. The maximum absolute atomic E-state index is 13.1. The SMILES string of the molecule is Cn1nc2cccc(S(=O)(=O)N[C@H](c3ccccn3)C3CC(O)C3)c2n1. The fourth-order valence-corrected chi connectivity index (χ4v) is 4.75. The predicted octanol–water partition coefficient (Wildman–Crippen LogP) is 1.15. The number of hydrogen-bond donors (Lipinski definition) is 2. The molecule has 0 bridgehead atoms. The third-order valence-electron chi connectivity index (χ3n) is 4.67. The largest absolute Gasteiger partial charge is 0.393 e. The number of aliphatic hydroxyl groups excluding tert-OH is 1. The van der Waals surface area contributed by atoms with Crippen LogP contribution >= 0.6 is 0 Å². The quantitative estimate of drug-likeness (QED) is 0.694. The highest BCUT2D eigenvalue weighted by atomic mass is 32.2. The Balaban J connectivity index is 1.72. The third-order valence-corrected chi connectivity index (χ3v) is 6.15. The topological polar surface area (TPSA) is 110 Å². The minimum Gasteiger partial charge on any atom is -0.393 e. The monoisotopic (exact) mass is 373 g/mol. The van der Waals surface area contributed by atoms with Gasteiger partial charge in [0.1, 0.15) is 15.9 Å². The zero-order valence-electron chi connectivity index (χ0n) is 14.1. The highest BCUT2D eigenvalue weighted by Gasteiger charge is 2.38. The summed E-state index contributed by atoms with van der Waals surface area (Å²) in [6.07, 6.45) is 2.33. The van der Waals surface area contributed by atoms with Gasteiger partial charge in [-0.2, -0.15) is 15.0 Å². The first-order valence-corrected chi connectivity index (χ1v) is 9.84. The number of pyridine rings is 1. The van der Waals surface area contributed by atoms with Crippen molar-refractivity contribution in [2.45, 2.75) is 29.9 Å². The van der Waals surface area contributed by atoms with E-state index in [1.165, 1.54) is 10.9 Å². The van der Waals surface area contributed by atoms with Gasteiger partial charge in [0.25, 0.3) is 0 Å². The number of hydrogen-bond acceptors (Lipinski definition) is 6. The Hall–Kier alpha value is -2.36. The maximum atomic E-state index is 13.1. The lowest BCUT2D eigenvalue weighted by molar-refractivity contribution is 0.0273. The number of aryl methyl sites for hydroxylation is 1. The van der Waals surface area contributed by atoms with E-state index in [4.69, 9.17) is 0 Å². The van der Waals surface area contributed by atoms with Crippen LogP contribution in [0.25, 0.3) is 11.0 Å². The van der Waals surface area contributed by atoms with Crippen LogP contribution in [0.3, 0.4) is 0 Å². The number of aromatic nitrogens is 4. The molecule has 26 heavy (non-hydrogen) atoms. The number of benzene rings is 1. The average Bonchev–Trinajstić information content (AvgIpc) is 2.98. The predicted molar refractivity (Wildman–Crippen MR) is 94.5 cm³/mol. The maximum Gasteiger partial charge on any atom is 0.243 e. The molecule has 1 aliphatic carbocycles. The first-order chi connectivity index (χ1) is 12.4. The van der Waals surface area contributed by atoms with Crippen LogP contribution < -0.4 is 4.72 Å². The molecule has 2 aromatic heterocycles. The van der Waals surface area contributed by atoms with Crippen LogP contribution in [0.2, 0.25) is 0 Å². The molecule has 0 amide bonds. The zero-order valence-corrected chi connectivity index (χ0v) is 15.0. The van der Waals surface area contributed by atoms with Crippen molar-refractivity contribution in [3.63, 3.8) is 0 Å². The number of aliphatic hydroxyl groups is 1. The molecule has 0 aliphatic heterocycles. The first-order valence-electron chi connectivity index (χ1n) is 8.35. The lowest BCUT2D eigenvalue weighted by atomic mass is 9.76. The van der Waals surface area contributed by atoms with E-state index in [1.54, 1.807) is 37.5 Å². The first kappa shape index (κ1) is 17.1. The lowest BCUT2D eigenvalue weighted by Gasteiger charge is -2.37. The van der Waals surface area contributed by atoms with Gasteiger partial charge in [-0.05, 0) is 43.0 Å². The van der Waals surface area contributed by atoms with Crippen molar-refractivity contribution in [1.29, 1.82) is 0 Å². The van der Waals surface area contributed by atoms with Gasteiger partial charge in [0.2, 0.25) is 10.0 Å². The molecule has 3 aromatic rings. The van der Waals surface area contributed by atoms with Crippen LogP contribution in [-0.2, 0) is 17.1 Å². The summed E-state index contributed by atoms with van der Waals surface area (Å²) in [6, 6.07) is 9.78. The van der Waals surface area contributed by atoms with Crippen LogP contribution in [0.5, 0.6) is 0 Å². The van der Waals surface area contributed by atoms with E-state index in [-0.39, 0.29) is 16.9 Å². The van der Waals surface area contributed by atoms with E-state index < -0.39 is 16.1 Å². The molecule has 9 heteroatoms. The van der Waals surface area contributed by atoms with E-state index in [9.17, 15) is 13.5 Å². The average molecular weight is 373 g/mol. The van der Waals surface area contributed by atoms with Crippen LogP contribution in [0.15, 0.2) is 47.5 Å². The van der Waals surface area contributed by atoms with Crippen molar-refractivity contribution in [1.82, 2.24) is 24.7 Å². The molecule has 1 aromatic carbocycles. The molecule has 1 atom stereocenters. The number of sulfonamides is 1. The Morgan fingerprint density at radius 2 is 2.00 bits per heavy atom. The Morgan fingerprint density at radius 1 is 1.19 bits per heavy atom. The Bertz CT molecular complexity index is 1030. The van der Waals surface area contributed by atoms with Crippen molar-refractivity contribution in [2.75, 3.05) is 0 Å². The lowest BCUT2D eigenvalue weighted by Crippen LogP contribution is -2.41. The summed E-state index contributed by atoms with van der Waals surface area (Å²) < 4.78 is 28.9. The van der Waals surface area contributed by atoms with Gasteiger partial charge in [0.15, 0.2) is 0 Å². The van der Waals surface area contributed by atoms with Crippen molar-refractivity contribution in [2.24, 2.45) is 13.0 Å². The minimum absolute atomic E-state index is 0.00395. The second-order valence-electron chi connectivity index (χ2n) is 6.55. The number of nitrogens with one attached hydrogen (secondary N) is 1. The number of rotatable bonds is 5. The molecular formula is C17H19N5O3S. The van der Waals surface area contributed by atoms with E-state index in [2.05, 4.69) is 19.9 Å². The normalized spacial score (nSPS) is 21.5. The minimum atomic E-state index is -3.85. The molecule has 4 rings (SSSR count). The molecule has 8 nitrogen and oxygen atoms in total. The van der Waals surface area contributed by atoms with Crippen LogP contribution in [0.1, 0.15) is 24.6 Å². The van der Waals surface area contributed by atoms with Gasteiger partial charge < -0.3 is 5.11 Å². The van der Waals surface area contributed by atoms with Crippen molar-refractivity contribution in [3.05, 3.63) is 48.3 Å².